The van der Waals surface area contributed by atoms with Crippen molar-refractivity contribution in [1.29, 1.82) is 0 Å². The van der Waals surface area contributed by atoms with Gasteiger partial charge in [-0.2, -0.15) is 13.2 Å². The molecule has 9 heteroatoms. The van der Waals surface area contributed by atoms with Gasteiger partial charge >= 0.3 is 6.18 Å². The van der Waals surface area contributed by atoms with E-state index >= 15 is 0 Å². The fourth-order valence-electron chi connectivity index (χ4n) is 4.38. The molecule has 1 aromatic carbocycles. The Bertz CT molecular complexity index is 963. The van der Waals surface area contributed by atoms with Crippen molar-refractivity contribution in [3.8, 4) is 0 Å². The van der Waals surface area contributed by atoms with Crippen molar-refractivity contribution in [3.05, 3.63) is 53.7 Å². The van der Waals surface area contributed by atoms with Gasteiger partial charge in [0.25, 0.3) is 5.91 Å². The molecule has 2 aromatic rings. The number of halogens is 3. The highest BCUT2D eigenvalue weighted by Crippen LogP contribution is 2.29. The van der Waals surface area contributed by atoms with Gasteiger partial charge in [0, 0.05) is 37.7 Å². The Morgan fingerprint density at radius 1 is 0.909 bits per heavy atom. The van der Waals surface area contributed by atoms with E-state index in [1.165, 1.54) is 18.6 Å². The van der Waals surface area contributed by atoms with E-state index in [1.807, 2.05) is 17.0 Å². The first-order valence-electron chi connectivity index (χ1n) is 11.3. The molecule has 1 aliphatic carbocycles. The summed E-state index contributed by atoms with van der Waals surface area (Å²) in [4.78, 5) is 33.2. The van der Waals surface area contributed by atoms with Gasteiger partial charge in [-0.15, -0.1) is 0 Å². The Hall–Kier alpha value is -3.10. The minimum Gasteiger partial charge on any atom is -0.353 e. The molecule has 2 fully saturated rings. The summed E-state index contributed by atoms with van der Waals surface area (Å²) < 4.78 is 38.2. The summed E-state index contributed by atoms with van der Waals surface area (Å²) in [6.07, 6.45) is 2.50. The third-order valence-corrected chi connectivity index (χ3v) is 6.34. The smallest absolute Gasteiger partial charge is 0.353 e. The second kappa shape index (κ2) is 9.80. The largest absolute Gasteiger partial charge is 0.416 e. The van der Waals surface area contributed by atoms with E-state index in [2.05, 4.69) is 10.3 Å². The number of nitrogens with one attached hydrogen (secondary N) is 1. The predicted octanol–water partition coefficient (Wildman–Crippen LogP) is 4.58. The minimum atomic E-state index is -4.42. The van der Waals surface area contributed by atoms with Gasteiger partial charge in [0.1, 0.15) is 5.82 Å². The molecule has 0 spiro atoms. The molecule has 0 bridgehead atoms. The number of carbonyl (C=O) groups excluding carboxylic acids is 2. The summed E-state index contributed by atoms with van der Waals surface area (Å²) in [6, 6.07) is 8.00. The molecule has 4 rings (SSSR count). The summed E-state index contributed by atoms with van der Waals surface area (Å²) in [5, 5.41) is 2.95. The van der Waals surface area contributed by atoms with Crippen molar-refractivity contribution < 1.29 is 22.8 Å². The third kappa shape index (κ3) is 5.64. The van der Waals surface area contributed by atoms with Crippen LogP contribution in [0.1, 0.15) is 48.0 Å². The number of nitrogens with zero attached hydrogens (tertiary/aromatic N) is 3. The van der Waals surface area contributed by atoms with Crippen LogP contribution in [0.15, 0.2) is 42.6 Å². The molecule has 0 atom stereocenters. The van der Waals surface area contributed by atoms with Crippen LogP contribution >= 0.6 is 0 Å². The summed E-state index contributed by atoms with van der Waals surface area (Å²) >= 11 is 0. The van der Waals surface area contributed by atoms with Crippen LogP contribution in [0.2, 0.25) is 0 Å². The van der Waals surface area contributed by atoms with E-state index in [-0.39, 0.29) is 23.3 Å². The Labute approximate surface area is 190 Å². The maximum atomic E-state index is 12.7. The summed E-state index contributed by atoms with van der Waals surface area (Å²) in [7, 11) is 0. The molecule has 1 N–H and O–H groups in total. The Kier molecular flexibility index (Phi) is 6.85. The van der Waals surface area contributed by atoms with E-state index in [1.54, 1.807) is 11.1 Å². The van der Waals surface area contributed by atoms with Crippen LogP contribution in [0.3, 0.4) is 0 Å². The van der Waals surface area contributed by atoms with E-state index in [4.69, 9.17) is 0 Å². The van der Waals surface area contributed by atoms with Crippen LogP contribution in [-0.4, -0.2) is 47.9 Å². The number of benzene rings is 1. The first kappa shape index (κ1) is 23.1. The zero-order chi connectivity index (χ0) is 23.4. The van der Waals surface area contributed by atoms with Crippen molar-refractivity contribution in [2.45, 2.75) is 38.3 Å². The third-order valence-electron chi connectivity index (χ3n) is 6.34. The summed E-state index contributed by atoms with van der Waals surface area (Å²) in [5.74, 6) is 0.609. The lowest BCUT2D eigenvalue weighted by molar-refractivity contribution is -0.137. The number of aromatic nitrogens is 1. The van der Waals surface area contributed by atoms with E-state index in [0.29, 0.717) is 31.9 Å². The van der Waals surface area contributed by atoms with Crippen molar-refractivity contribution in [2.24, 2.45) is 5.92 Å². The Morgan fingerprint density at radius 2 is 1.58 bits per heavy atom. The normalized spacial score (nSPS) is 17.7. The molecule has 33 heavy (non-hydrogen) atoms. The molecule has 176 valence electrons. The highest BCUT2D eigenvalue weighted by atomic mass is 19.4. The molecule has 2 aliphatic rings. The van der Waals surface area contributed by atoms with Crippen LogP contribution in [-0.2, 0) is 11.0 Å². The lowest BCUT2D eigenvalue weighted by atomic mass is 9.88. The van der Waals surface area contributed by atoms with Crippen LogP contribution < -0.4 is 10.2 Å². The molecule has 1 saturated carbocycles. The molecule has 1 aromatic heterocycles. The molecular formula is C24H27F3N4O2. The quantitative estimate of drug-likeness (QED) is 0.725. The lowest BCUT2D eigenvalue weighted by Crippen LogP contribution is -2.49. The number of rotatable bonds is 4. The van der Waals surface area contributed by atoms with Gasteiger partial charge in [-0.05, 0) is 49.2 Å². The molecule has 6 nitrogen and oxygen atoms in total. The maximum absolute atomic E-state index is 12.7. The second-order valence-electron chi connectivity index (χ2n) is 8.58. The monoisotopic (exact) mass is 460 g/mol. The zero-order valence-corrected chi connectivity index (χ0v) is 18.3. The standard InChI is InChI=1S/C24H27F3N4O2/c25-24(26,27)19-8-6-18(7-9-19)23(33)31-14-12-30(13-15-31)21-11-10-20(16-28-21)29-22(32)17-4-2-1-3-5-17/h6-11,16-17H,1-5,12-15H2,(H,29,32). The molecule has 2 amide bonds. The Balaban J connectivity index is 1.29. The van der Waals surface area contributed by atoms with E-state index < -0.39 is 11.7 Å². The van der Waals surface area contributed by atoms with Crippen molar-refractivity contribution >= 4 is 23.3 Å². The number of amides is 2. The van der Waals surface area contributed by atoms with E-state index in [0.717, 1.165) is 43.6 Å². The molecule has 2 heterocycles. The van der Waals surface area contributed by atoms with Crippen LogP contribution in [0.4, 0.5) is 24.7 Å². The SMILES string of the molecule is O=C(Nc1ccc(N2CCN(C(=O)c3ccc(C(F)(F)F)cc3)CC2)nc1)C1CCCCC1. The molecule has 1 aliphatic heterocycles. The number of alkyl halides is 3. The number of anilines is 2. The first-order chi connectivity index (χ1) is 15.8. The average molecular weight is 461 g/mol. The number of pyridine rings is 1. The topological polar surface area (TPSA) is 65.5 Å². The summed E-state index contributed by atoms with van der Waals surface area (Å²) in [5.41, 5.74) is 0.145. The molecule has 0 unspecified atom stereocenters. The van der Waals surface area contributed by atoms with Gasteiger partial charge in [0.05, 0.1) is 17.4 Å². The average Bonchev–Trinajstić information content (AvgIpc) is 2.84. The fourth-order valence-corrected chi connectivity index (χ4v) is 4.38. The highest BCUT2D eigenvalue weighted by Gasteiger charge is 2.31. The highest BCUT2D eigenvalue weighted by molar-refractivity contribution is 5.94. The number of hydrogen-bond acceptors (Lipinski definition) is 4. The van der Waals surface area contributed by atoms with Gasteiger partial charge in [-0.25, -0.2) is 4.98 Å². The van der Waals surface area contributed by atoms with Gasteiger partial charge < -0.3 is 15.1 Å². The van der Waals surface area contributed by atoms with Crippen LogP contribution in [0.5, 0.6) is 0 Å². The number of piperazine rings is 1. The minimum absolute atomic E-state index is 0.0552. The lowest BCUT2D eigenvalue weighted by Gasteiger charge is -2.35. The van der Waals surface area contributed by atoms with Crippen molar-refractivity contribution in [1.82, 2.24) is 9.88 Å². The molecule has 0 radical (unpaired) electrons. The Morgan fingerprint density at radius 3 is 2.15 bits per heavy atom. The van der Waals surface area contributed by atoms with Crippen molar-refractivity contribution in [3.63, 3.8) is 0 Å². The number of hydrogen-bond donors (Lipinski definition) is 1. The van der Waals surface area contributed by atoms with Gasteiger partial charge in [-0.3, -0.25) is 9.59 Å². The molecular weight excluding hydrogens is 433 g/mol. The molecule has 1 saturated heterocycles. The maximum Gasteiger partial charge on any atom is 0.416 e. The summed E-state index contributed by atoms with van der Waals surface area (Å²) in [6.45, 7) is 2.02. The van der Waals surface area contributed by atoms with Crippen LogP contribution in [0.25, 0.3) is 0 Å². The second-order valence-corrected chi connectivity index (χ2v) is 8.58. The van der Waals surface area contributed by atoms with E-state index in [9.17, 15) is 22.8 Å². The first-order valence-corrected chi connectivity index (χ1v) is 11.3. The predicted molar refractivity (Wildman–Crippen MR) is 119 cm³/mol. The number of carbonyl (C=O) groups is 2. The fraction of sp³-hybridized carbons (Fsp3) is 0.458. The van der Waals surface area contributed by atoms with Crippen molar-refractivity contribution in [2.75, 3.05) is 36.4 Å². The van der Waals surface area contributed by atoms with Crippen LogP contribution in [0, 0.1) is 5.92 Å². The zero-order valence-electron chi connectivity index (χ0n) is 18.3. The van der Waals surface area contributed by atoms with Gasteiger partial charge in [0.2, 0.25) is 5.91 Å². The van der Waals surface area contributed by atoms with Gasteiger partial charge in [0.15, 0.2) is 0 Å². The van der Waals surface area contributed by atoms with Gasteiger partial charge in [-0.1, -0.05) is 19.3 Å².